The van der Waals surface area contributed by atoms with E-state index in [9.17, 15) is 0 Å². The van der Waals surface area contributed by atoms with Gasteiger partial charge < -0.3 is 0 Å². The van der Waals surface area contributed by atoms with Crippen LogP contribution in [0.15, 0.2) is 119 Å². The Hall–Kier alpha value is -2.73. The molecule has 0 saturated carbocycles. The molecule has 0 N–H and O–H groups in total. The van der Waals surface area contributed by atoms with Crippen LogP contribution in [0.25, 0.3) is 6.08 Å². The van der Waals surface area contributed by atoms with Gasteiger partial charge >= 0.3 is 0 Å². The molecule has 0 aliphatic carbocycles. The fourth-order valence-electron chi connectivity index (χ4n) is 2.83. The second-order valence-corrected chi connectivity index (χ2v) is 8.53. The molecule has 1 atom stereocenters. The van der Waals surface area contributed by atoms with Crippen molar-refractivity contribution in [2.75, 3.05) is 5.75 Å². The summed E-state index contributed by atoms with van der Waals surface area (Å²) in [5.41, 5.74) is 5.78. The van der Waals surface area contributed by atoms with E-state index in [-0.39, 0.29) is 10.9 Å². The molecule has 162 valence electrons. The number of hydrogen-bond donors (Lipinski definition) is 0. The molecule has 0 fully saturated rings. The van der Waals surface area contributed by atoms with Gasteiger partial charge in [-0.25, -0.2) is 0 Å². The van der Waals surface area contributed by atoms with Crippen molar-refractivity contribution in [2.24, 2.45) is 0 Å². The maximum atomic E-state index is 3.14. The number of hydrogen-bond acceptors (Lipinski definition) is 0. The minimum atomic E-state index is -0.0168. The molecule has 2 aromatic rings. The highest BCUT2D eigenvalue weighted by Crippen LogP contribution is 2.29. The van der Waals surface area contributed by atoms with Gasteiger partial charge in [-0.3, -0.25) is 0 Å². The van der Waals surface area contributed by atoms with Gasteiger partial charge in [0.2, 0.25) is 0 Å². The summed E-state index contributed by atoms with van der Waals surface area (Å²) in [7, 11) is -0.0168. The molecule has 0 spiro atoms. The number of rotatable bonds is 9. The molecule has 31 heavy (non-hydrogen) atoms. The summed E-state index contributed by atoms with van der Waals surface area (Å²) in [5, 5.41) is 0. The molecule has 0 aromatic heterocycles. The van der Waals surface area contributed by atoms with Crippen LogP contribution in [-0.4, -0.2) is 5.75 Å². The lowest BCUT2D eigenvalue weighted by molar-refractivity contribution is 1.23. The van der Waals surface area contributed by atoms with Crippen molar-refractivity contribution in [3.8, 4) is 0 Å². The van der Waals surface area contributed by atoms with E-state index >= 15 is 0 Å². The van der Waals surface area contributed by atoms with Crippen LogP contribution in [0.4, 0.5) is 0 Å². The molecule has 0 heterocycles. The zero-order valence-electron chi connectivity index (χ0n) is 19.7. The Morgan fingerprint density at radius 1 is 0.871 bits per heavy atom. The van der Waals surface area contributed by atoms with E-state index in [2.05, 4.69) is 111 Å². The van der Waals surface area contributed by atoms with E-state index in [4.69, 9.17) is 0 Å². The minimum absolute atomic E-state index is 0.0168. The normalized spacial score (nSPS) is 12.2. The van der Waals surface area contributed by atoms with Gasteiger partial charge in [-0.05, 0) is 68.3 Å². The second kappa shape index (κ2) is 17.0. The number of benzene rings is 2. The zero-order valence-corrected chi connectivity index (χ0v) is 20.5. The quantitative estimate of drug-likeness (QED) is 0.212. The first-order chi connectivity index (χ1) is 15.3. The van der Waals surface area contributed by atoms with Gasteiger partial charge in [-0.1, -0.05) is 87.6 Å². The largest absolute Gasteiger partial charge is 0.168 e. The van der Waals surface area contributed by atoms with Gasteiger partial charge in [0.1, 0.15) is 5.75 Å². The Morgan fingerprint density at radius 2 is 1.65 bits per heavy atom. The van der Waals surface area contributed by atoms with Crippen molar-refractivity contribution in [3.63, 3.8) is 0 Å². The highest BCUT2D eigenvalue weighted by molar-refractivity contribution is 7.97. The maximum Gasteiger partial charge on any atom is 0.168 e. The smallest absolute Gasteiger partial charge is 0.125 e. The van der Waals surface area contributed by atoms with Crippen LogP contribution in [-0.2, 0) is 10.9 Å². The first-order valence-electron chi connectivity index (χ1n) is 11.2. The third-order valence-electron chi connectivity index (χ3n) is 4.28. The van der Waals surface area contributed by atoms with E-state index in [1.807, 2.05) is 39.0 Å². The molecule has 0 bridgehead atoms. The van der Waals surface area contributed by atoms with Crippen LogP contribution in [0.2, 0.25) is 0 Å². The van der Waals surface area contributed by atoms with Crippen molar-refractivity contribution >= 4 is 17.0 Å². The first-order valence-corrected chi connectivity index (χ1v) is 12.5. The van der Waals surface area contributed by atoms with Crippen LogP contribution < -0.4 is 0 Å². The van der Waals surface area contributed by atoms with Crippen molar-refractivity contribution in [3.05, 3.63) is 120 Å². The van der Waals surface area contributed by atoms with E-state index in [0.29, 0.717) is 0 Å². The molecule has 0 aliphatic heterocycles. The molecule has 0 aliphatic rings. The maximum absolute atomic E-state index is 3.14. The topological polar surface area (TPSA) is 0 Å². The van der Waals surface area contributed by atoms with Gasteiger partial charge in [0.25, 0.3) is 0 Å². The molecule has 0 nitrogen and oxygen atoms in total. The van der Waals surface area contributed by atoms with Crippen molar-refractivity contribution < 1.29 is 0 Å². The molecular formula is C30H37S+. The fraction of sp³-hybridized carbons (Fsp3) is 0.233. The van der Waals surface area contributed by atoms with Crippen LogP contribution in [0.3, 0.4) is 0 Å². The second-order valence-electron chi connectivity index (χ2n) is 6.50. The van der Waals surface area contributed by atoms with Crippen LogP contribution >= 0.6 is 0 Å². The summed E-state index contributed by atoms with van der Waals surface area (Å²) in [6.07, 6.45) is 22.0. The number of aryl methyl sites for hydroxylation is 1. The van der Waals surface area contributed by atoms with Crippen LogP contribution in [0.5, 0.6) is 0 Å². The van der Waals surface area contributed by atoms with Crippen molar-refractivity contribution in [2.45, 2.75) is 50.8 Å². The molecule has 0 saturated heterocycles. The third kappa shape index (κ3) is 9.75. The molecule has 0 amide bonds. The summed E-state index contributed by atoms with van der Waals surface area (Å²) >= 11 is 0. The fourth-order valence-corrected chi connectivity index (χ4v) is 4.99. The molecule has 2 rings (SSSR count). The first kappa shape index (κ1) is 26.3. The Bertz CT molecular complexity index is 920. The summed E-state index contributed by atoms with van der Waals surface area (Å²) in [6, 6.07) is 17.5. The Labute approximate surface area is 193 Å². The van der Waals surface area contributed by atoms with Gasteiger partial charge in [0.15, 0.2) is 9.79 Å². The Balaban J connectivity index is 0.00000233. The predicted octanol–water partition coefficient (Wildman–Crippen LogP) is 8.88. The SMILES string of the molecule is C/C=C\C=C/c1c(C)cccc1[S+](C/C=C\C=C\C=C=CCC)c1ccccc1.CC. The summed E-state index contributed by atoms with van der Waals surface area (Å²) in [6.45, 7) is 10.4. The van der Waals surface area contributed by atoms with Gasteiger partial charge in [0.05, 0.1) is 10.9 Å². The van der Waals surface area contributed by atoms with Crippen LogP contribution in [0.1, 0.15) is 45.2 Å². The lowest BCUT2D eigenvalue weighted by Gasteiger charge is -2.11. The minimum Gasteiger partial charge on any atom is -0.125 e. The lowest BCUT2D eigenvalue weighted by Crippen LogP contribution is -2.09. The zero-order chi connectivity index (χ0) is 22.7. The highest BCUT2D eigenvalue weighted by atomic mass is 32.2. The Kier molecular flexibility index (Phi) is 14.4. The van der Waals surface area contributed by atoms with E-state index in [0.717, 1.165) is 12.2 Å². The third-order valence-corrected chi connectivity index (χ3v) is 6.53. The lowest BCUT2D eigenvalue weighted by atomic mass is 10.1. The molecule has 0 radical (unpaired) electrons. The van der Waals surface area contributed by atoms with Gasteiger partial charge in [-0.15, -0.1) is 5.73 Å². The van der Waals surface area contributed by atoms with E-state index < -0.39 is 0 Å². The molecular weight excluding hydrogens is 392 g/mol. The summed E-state index contributed by atoms with van der Waals surface area (Å²) < 4.78 is 0. The van der Waals surface area contributed by atoms with Gasteiger partial charge in [0, 0.05) is 5.56 Å². The van der Waals surface area contributed by atoms with E-state index in [1.165, 1.54) is 20.9 Å². The predicted molar refractivity (Wildman–Crippen MR) is 143 cm³/mol. The van der Waals surface area contributed by atoms with Crippen molar-refractivity contribution in [1.82, 2.24) is 0 Å². The Morgan fingerprint density at radius 3 is 2.35 bits per heavy atom. The van der Waals surface area contributed by atoms with Gasteiger partial charge in [-0.2, -0.15) is 0 Å². The van der Waals surface area contributed by atoms with E-state index in [1.54, 1.807) is 0 Å². The molecule has 1 heteroatoms. The average Bonchev–Trinajstić information content (AvgIpc) is 2.81. The standard InChI is InChI=1S/C28H31S.C2H6/c1-4-6-8-9-10-11-12-17-24-29(26-20-15-13-16-21-26)28-23-18-19-25(3)27(28)22-14-7-5-2;1-2/h5-7,9-23H,4,24H2,1-3H3;1-2H3/q+1;/b7-5-,11-10+,17-12-,22-14-;. The summed E-state index contributed by atoms with van der Waals surface area (Å²) in [4.78, 5) is 2.77. The average molecular weight is 430 g/mol. The molecule has 2 aromatic carbocycles. The monoisotopic (exact) mass is 429 g/mol. The highest BCUT2D eigenvalue weighted by Gasteiger charge is 2.26. The number of allylic oxidation sites excluding steroid dienone is 7. The van der Waals surface area contributed by atoms with Crippen LogP contribution in [0, 0.1) is 6.92 Å². The summed E-state index contributed by atoms with van der Waals surface area (Å²) in [5.74, 6) is 0.983. The molecule has 1 unspecified atom stereocenters. The van der Waals surface area contributed by atoms with Crippen molar-refractivity contribution in [1.29, 1.82) is 0 Å².